The number of ether oxygens (including phenoxy) is 1. The van der Waals surface area contributed by atoms with E-state index in [4.69, 9.17) is 4.74 Å². The number of pyridine rings is 1. The molecule has 118 valence electrons. The summed E-state index contributed by atoms with van der Waals surface area (Å²) in [7, 11) is 0. The van der Waals surface area contributed by atoms with Crippen LogP contribution in [-0.4, -0.2) is 34.9 Å². The number of carbonyl (C=O) groups is 2. The summed E-state index contributed by atoms with van der Waals surface area (Å²) >= 11 is 0. The van der Waals surface area contributed by atoms with Crippen molar-refractivity contribution in [3.63, 3.8) is 0 Å². The van der Waals surface area contributed by atoms with Gasteiger partial charge >= 0.3 is 5.97 Å². The van der Waals surface area contributed by atoms with E-state index in [9.17, 15) is 9.59 Å². The van der Waals surface area contributed by atoms with Crippen molar-refractivity contribution >= 4 is 11.9 Å². The van der Waals surface area contributed by atoms with Crippen molar-refractivity contribution < 1.29 is 14.3 Å². The molecule has 0 fully saturated rings. The second kappa shape index (κ2) is 6.60. The summed E-state index contributed by atoms with van der Waals surface area (Å²) in [4.78, 5) is 30.3. The number of nitrogens with zero attached hydrogens (tertiary/aromatic N) is 2. The normalized spacial score (nSPS) is 13.3. The lowest BCUT2D eigenvalue weighted by Crippen LogP contribution is -2.36. The van der Waals surface area contributed by atoms with E-state index in [1.807, 2.05) is 18.2 Å². The maximum Gasteiger partial charge on any atom is 0.356 e. The molecule has 2 heterocycles. The van der Waals surface area contributed by atoms with Gasteiger partial charge in [0.05, 0.1) is 6.61 Å². The molecule has 0 aliphatic carbocycles. The van der Waals surface area contributed by atoms with Crippen LogP contribution in [0.25, 0.3) is 0 Å². The third-order valence-corrected chi connectivity index (χ3v) is 3.87. The fraction of sp³-hybridized carbons (Fsp3) is 0.278. The lowest BCUT2D eigenvalue weighted by atomic mass is 10.00. The smallest absolute Gasteiger partial charge is 0.356 e. The van der Waals surface area contributed by atoms with Crippen molar-refractivity contribution in [1.82, 2.24) is 9.88 Å². The first kappa shape index (κ1) is 15.2. The molecule has 23 heavy (non-hydrogen) atoms. The summed E-state index contributed by atoms with van der Waals surface area (Å²) in [5, 5.41) is 0. The van der Waals surface area contributed by atoms with Crippen LogP contribution >= 0.6 is 0 Å². The van der Waals surface area contributed by atoms with E-state index >= 15 is 0 Å². The molecule has 5 heteroatoms. The first-order chi connectivity index (χ1) is 11.2. The van der Waals surface area contributed by atoms with Crippen LogP contribution in [0.3, 0.4) is 0 Å². The van der Waals surface area contributed by atoms with Crippen molar-refractivity contribution in [2.75, 3.05) is 13.2 Å². The zero-order valence-corrected chi connectivity index (χ0v) is 13.0. The fourth-order valence-electron chi connectivity index (χ4n) is 2.70. The molecule has 1 aromatic heterocycles. The van der Waals surface area contributed by atoms with Gasteiger partial charge in [-0.25, -0.2) is 9.78 Å². The van der Waals surface area contributed by atoms with Crippen molar-refractivity contribution in [1.29, 1.82) is 0 Å². The molecular weight excluding hydrogens is 292 g/mol. The quantitative estimate of drug-likeness (QED) is 0.817. The maximum atomic E-state index is 12.7. The van der Waals surface area contributed by atoms with Crippen LogP contribution < -0.4 is 0 Å². The molecule has 0 atom stereocenters. The SMILES string of the molecule is CCOC(=O)c1cccc(C(=O)N2CCc3ccccc3C2)n1. The molecule has 0 N–H and O–H groups in total. The second-order valence-electron chi connectivity index (χ2n) is 5.37. The van der Waals surface area contributed by atoms with Crippen molar-refractivity contribution in [3.05, 3.63) is 65.0 Å². The molecule has 0 saturated heterocycles. The number of esters is 1. The Bertz CT molecular complexity index is 743. The molecule has 0 unspecified atom stereocenters. The molecule has 1 aromatic carbocycles. The summed E-state index contributed by atoms with van der Waals surface area (Å²) in [6.07, 6.45) is 0.833. The average molecular weight is 310 g/mol. The summed E-state index contributed by atoms with van der Waals surface area (Å²) in [6, 6.07) is 13.0. The van der Waals surface area contributed by atoms with Gasteiger partial charge in [-0.05, 0) is 36.6 Å². The molecule has 5 nitrogen and oxygen atoms in total. The predicted molar refractivity (Wildman–Crippen MR) is 85.1 cm³/mol. The Morgan fingerprint density at radius 2 is 1.83 bits per heavy atom. The molecule has 0 bridgehead atoms. The Morgan fingerprint density at radius 3 is 2.61 bits per heavy atom. The van der Waals surface area contributed by atoms with E-state index in [2.05, 4.69) is 11.1 Å². The maximum absolute atomic E-state index is 12.7. The number of hydrogen-bond donors (Lipinski definition) is 0. The molecule has 0 saturated carbocycles. The zero-order chi connectivity index (χ0) is 16.2. The van der Waals surface area contributed by atoms with Crippen molar-refractivity contribution in [3.8, 4) is 0 Å². The van der Waals surface area contributed by atoms with E-state index in [0.717, 1.165) is 12.0 Å². The first-order valence-electron chi connectivity index (χ1n) is 7.69. The van der Waals surface area contributed by atoms with Gasteiger partial charge in [0, 0.05) is 13.1 Å². The first-order valence-corrected chi connectivity index (χ1v) is 7.69. The Morgan fingerprint density at radius 1 is 1.09 bits per heavy atom. The predicted octanol–water partition coefficient (Wildman–Crippen LogP) is 2.46. The number of amides is 1. The van der Waals surface area contributed by atoms with Gasteiger partial charge in [-0.2, -0.15) is 0 Å². The van der Waals surface area contributed by atoms with E-state index in [1.54, 1.807) is 30.0 Å². The minimum absolute atomic E-state index is 0.161. The number of benzene rings is 1. The number of aromatic nitrogens is 1. The fourth-order valence-corrected chi connectivity index (χ4v) is 2.70. The van der Waals surface area contributed by atoms with E-state index in [1.165, 1.54) is 5.56 Å². The standard InChI is InChI=1S/C18H18N2O3/c1-2-23-18(22)16-9-5-8-15(19-16)17(21)20-11-10-13-6-3-4-7-14(13)12-20/h3-9H,2,10-12H2,1H3. The highest BCUT2D eigenvalue weighted by molar-refractivity contribution is 5.94. The van der Waals surface area contributed by atoms with Gasteiger partial charge < -0.3 is 9.64 Å². The third kappa shape index (κ3) is 3.23. The molecule has 1 aliphatic heterocycles. The summed E-state index contributed by atoms with van der Waals surface area (Å²) in [6.45, 7) is 3.24. The second-order valence-corrected chi connectivity index (χ2v) is 5.37. The van der Waals surface area contributed by atoms with Crippen LogP contribution in [0, 0.1) is 0 Å². The molecule has 1 aliphatic rings. The number of fused-ring (bicyclic) bond motifs is 1. The molecule has 1 amide bonds. The van der Waals surface area contributed by atoms with Crippen LogP contribution in [0.2, 0.25) is 0 Å². The largest absolute Gasteiger partial charge is 0.461 e. The van der Waals surface area contributed by atoms with Gasteiger partial charge in [0.15, 0.2) is 0 Å². The van der Waals surface area contributed by atoms with E-state index in [0.29, 0.717) is 13.1 Å². The van der Waals surface area contributed by atoms with Gasteiger partial charge in [0.25, 0.3) is 5.91 Å². The Balaban J connectivity index is 1.79. The monoisotopic (exact) mass is 310 g/mol. The molecule has 3 rings (SSSR count). The van der Waals surface area contributed by atoms with Crippen LogP contribution in [0.15, 0.2) is 42.5 Å². The highest BCUT2D eigenvalue weighted by Crippen LogP contribution is 2.20. The third-order valence-electron chi connectivity index (χ3n) is 3.87. The number of carbonyl (C=O) groups excluding carboxylic acids is 2. The Kier molecular flexibility index (Phi) is 4.37. The highest BCUT2D eigenvalue weighted by Gasteiger charge is 2.23. The highest BCUT2D eigenvalue weighted by atomic mass is 16.5. The minimum Gasteiger partial charge on any atom is -0.461 e. The summed E-state index contributed by atoms with van der Waals surface area (Å²) in [5.41, 5.74) is 2.88. The Hall–Kier alpha value is -2.69. The minimum atomic E-state index is -0.508. The van der Waals surface area contributed by atoms with Crippen molar-refractivity contribution in [2.45, 2.75) is 19.9 Å². The van der Waals surface area contributed by atoms with E-state index < -0.39 is 5.97 Å². The summed E-state index contributed by atoms with van der Waals surface area (Å²) in [5.74, 6) is -0.670. The van der Waals surface area contributed by atoms with Crippen molar-refractivity contribution in [2.24, 2.45) is 0 Å². The van der Waals surface area contributed by atoms with Crippen LogP contribution in [0.1, 0.15) is 39.0 Å². The van der Waals surface area contributed by atoms with Gasteiger partial charge in [-0.3, -0.25) is 4.79 Å². The number of hydrogen-bond acceptors (Lipinski definition) is 4. The molecular formula is C18H18N2O3. The lowest BCUT2D eigenvalue weighted by Gasteiger charge is -2.28. The number of rotatable bonds is 3. The van der Waals surface area contributed by atoms with Crippen LogP contribution in [0.4, 0.5) is 0 Å². The molecule has 0 spiro atoms. The molecule has 2 aromatic rings. The Labute approximate surface area is 134 Å². The van der Waals surface area contributed by atoms with E-state index in [-0.39, 0.29) is 23.9 Å². The van der Waals surface area contributed by atoms with Gasteiger partial charge in [0.1, 0.15) is 11.4 Å². The van der Waals surface area contributed by atoms with Crippen LogP contribution in [0.5, 0.6) is 0 Å². The lowest BCUT2D eigenvalue weighted by molar-refractivity contribution is 0.0519. The zero-order valence-electron chi connectivity index (χ0n) is 13.0. The van der Waals surface area contributed by atoms with Crippen LogP contribution in [-0.2, 0) is 17.7 Å². The van der Waals surface area contributed by atoms with Gasteiger partial charge in [0.2, 0.25) is 0 Å². The summed E-state index contributed by atoms with van der Waals surface area (Å²) < 4.78 is 4.93. The topological polar surface area (TPSA) is 59.5 Å². The molecule has 0 radical (unpaired) electrons. The average Bonchev–Trinajstić information content (AvgIpc) is 2.61. The van der Waals surface area contributed by atoms with Gasteiger partial charge in [-0.15, -0.1) is 0 Å². The van der Waals surface area contributed by atoms with Gasteiger partial charge in [-0.1, -0.05) is 30.3 Å².